The standard InChI is InChI=1S/C16H19N5O/c1-9-5-6-13(7-10(9)2)21-15(19-20-16(21)22)8-14-11(3)17-18-12(14)4/h5-7H,8H2,1-4H3,(H,17,18)(H,20,22). The topological polar surface area (TPSA) is 79.4 Å². The number of benzene rings is 1. The van der Waals surface area contributed by atoms with Gasteiger partial charge >= 0.3 is 5.69 Å². The summed E-state index contributed by atoms with van der Waals surface area (Å²) in [6, 6.07) is 5.96. The van der Waals surface area contributed by atoms with Crippen LogP contribution in [0.2, 0.25) is 0 Å². The van der Waals surface area contributed by atoms with E-state index in [1.54, 1.807) is 4.57 Å². The van der Waals surface area contributed by atoms with Gasteiger partial charge in [0.25, 0.3) is 0 Å². The van der Waals surface area contributed by atoms with Gasteiger partial charge in [0.15, 0.2) is 0 Å². The van der Waals surface area contributed by atoms with Gasteiger partial charge in [0, 0.05) is 17.7 Å². The minimum absolute atomic E-state index is 0.225. The number of aryl methyl sites for hydroxylation is 4. The second kappa shape index (κ2) is 5.29. The number of hydrogen-bond acceptors (Lipinski definition) is 3. The van der Waals surface area contributed by atoms with Crippen molar-refractivity contribution in [2.45, 2.75) is 34.1 Å². The number of H-pyrrole nitrogens is 2. The summed E-state index contributed by atoms with van der Waals surface area (Å²) in [7, 11) is 0. The van der Waals surface area contributed by atoms with Crippen LogP contribution in [0.15, 0.2) is 23.0 Å². The summed E-state index contributed by atoms with van der Waals surface area (Å²) in [4.78, 5) is 12.2. The molecular weight excluding hydrogens is 278 g/mol. The molecule has 22 heavy (non-hydrogen) atoms. The van der Waals surface area contributed by atoms with Crippen molar-refractivity contribution in [1.29, 1.82) is 0 Å². The van der Waals surface area contributed by atoms with Crippen LogP contribution in [0.3, 0.4) is 0 Å². The van der Waals surface area contributed by atoms with Crippen molar-refractivity contribution in [2.24, 2.45) is 0 Å². The number of hydrogen-bond donors (Lipinski definition) is 2. The molecule has 3 rings (SSSR count). The fourth-order valence-electron chi connectivity index (χ4n) is 2.57. The molecule has 0 bridgehead atoms. The summed E-state index contributed by atoms with van der Waals surface area (Å²) in [5.41, 5.74) is 5.95. The highest BCUT2D eigenvalue weighted by atomic mass is 16.1. The molecule has 0 saturated carbocycles. The number of rotatable bonds is 3. The van der Waals surface area contributed by atoms with E-state index < -0.39 is 0 Å². The second-order valence-corrected chi connectivity index (χ2v) is 5.64. The van der Waals surface area contributed by atoms with Gasteiger partial charge in [0.2, 0.25) is 0 Å². The van der Waals surface area contributed by atoms with Crippen LogP contribution in [0, 0.1) is 27.7 Å². The Morgan fingerprint density at radius 1 is 1.05 bits per heavy atom. The molecule has 2 aromatic heterocycles. The van der Waals surface area contributed by atoms with Gasteiger partial charge in [0.05, 0.1) is 11.4 Å². The SMILES string of the molecule is Cc1ccc(-n2c(Cc3c(C)n[nH]c3C)n[nH]c2=O)cc1C. The van der Waals surface area contributed by atoms with E-state index in [-0.39, 0.29) is 5.69 Å². The molecule has 0 amide bonds. The van der Waals surface area contributed by atoms with Crippen molar-refractivity contribution in [2.75, 3.05) is 0 Å². The zero-order chi connectivity index (χ0) is 15.9. The van der Waals surface area contributed by atoms with E-state index in [9.17, 15) is 4.79 Å². The molecule has 0 atom stereocenters. The monoisotopic (exact) mass is 297 g/mol. The van der Waals surface area contributed by atoms with Gasteiger partial charge in [-0.25, -0.2) is 14.5 Å². The Labute approximate surface area is 128 Å². The highest BCUT2D eigenvalue weighted by Crippen LogP contribution is 2.17. The predicted molar refractivity (Wildman–Crippen MR) is 84.5 cm³/mol. The van der Waals surface area contributed by atoms with Gasteiger partial charge in [-0.2, -0.15) is 10.2 Å². The van der Waals surface area contributed by atoms with Crippen molar-refractivity contribution in [3.63, 3.8) is 0 Å². The Balaban J connectivity index is 2.08. The molecular formula is C16H19N5O. The Morgan fingerprint density at radius 3 is 2.45 bits per heavy atom. The fourth-order valence-corrected chi connectivity index (χ4v) is 2.57. The molecule has 2 N–H and O–H groups in total. The number of aromatic nitrogens is 5. The summed E-state index contributed by atoms with van der Waals surface area (Å²) in [5, 5.41) is 13.9. The number of nitrogens with one attached hydrogen (secondary N) is 2. The van der Waals surface area contributed by atoms with E-state index in [0.29, 0.717) is 12.2 Å². The highest BCUT2D eigenvalue weighted by molar-refractivity contribution is 5.41. The third kappa shape index (κ3) is 2.36. The molecule has 114 valence electrons. The van der Waals surface area contributed by atoms with E-state index in [1.807, 2.05) is 39.0 Å². The first kappa shape index (κ1) is 14.3. The normalized spacial score (nSPS) is 11.1. The molecule has 0 aliphatic rings. The van der Waals surface area contributed by atoms with Crippen molar-refractivity contribution in [1.82, 2.24) is 25.0 Å². The van der Waals surface area contributed by atoms with E-state index in [1.165, 1.54) is 5.56 Å². The maximum absolute atomic E-state index is 12.2. The quantitative estimate of drug-likeness (QED) is 0.777. The van der Waals surface area contributed by atoms with Gasteiger partial charge in [-0.1, -0.05) is 6.07 Å². The van der Waals surface area contributed by atoms with Gasteiger partial charge in [0.1, 0.15) is 5.82 Å². The maximum Gasteiger partial charge on any atom is 0.347 e. The van der Waals surface area contributed by atoms with Gasteiger partial charge < -0.3 is 0 Å². The Morgan fingerprint density at radius 2 is 1.82 bits per heavy atom. The molecule has 0 aliphatic heterocycles. The van der Waals surface area contributed by atoms with Crippen LogP contribution >= 0.6 is 0 Å². The van der Waals surface area contributed by atoms with Crippen molar-refractivity contribution in [3.8, 4) is 5.69 Å². The lowest BCUT2D eigenvalue weighted by molar-refractivity contribution is 0.884. The fraction of sp³-hybridized carbons (Fsp3) is 0.312. The minimum Gasteiger partial charge on any atom is -0.282 e. The molecule has 0 spiro atoms. The second-order valence-electron chi connectivity index (χ2n) is 5.64. The molecule has 6 nitrogen and oxygen atoms in total. The molecule has 0 aliphatic carbocycles. The molecule has 0 fully saturated rings. The average molecular weight is 297 g/mol. The van der Waals surface area contributed by atoms with Gasteiger partial charge in [-0.3, -0.25) is 5.10 Å². The summed E-state index contributed by atoms with van der Waals surface area (Å²) in [5.74, 6) is 0.681. The van der Waals surface area contributed by atoms with Crippen LogP contribution in [0.25, 0.3) is 5.69 Å². The van der Waals surface area contributed by atoms with E-state index in [2.05, 4.69) is 27.3 Å². The third-order valence-electron chi connectivity index (χ3n) is 4.11. The zero-order valence-electron chi connectivity index (χ0n) is 13.2. The Bertz CT molecular complexity index is 865. The molecule has 2 heterocycles. The lowest BCUT2D eigenvalue weighted by Gasteiger charge is -2.08. The number of aromatic amines is 2. The van der Waals surface area contributed by atoms with Crippen LogP contribution in [0.5, 0.6) is 0 Å². The largest absolute Gasteiger partial charge is 0.347 e. The van der Waals surface area contributed by atoms with Crippen molar-refractivity contribution < 1.29 is 0 Å². The summed E-state index contributed by atoms with van der Waals surface area (Å²) >= 11 is 0. The van der Waals surface area contributed by atoms with Crippen LogP contribution in [0.4, 0.5) is 0 Å². The van der Waals surface area contributed by atoms with E-state index in [0.717, 1.165) is 28.2 Å². The molecule has 0 unspecified atom stereocenters. The van der Waals surface area contributed by atoms with Gasteiger partial charge in [-0.15, -0.1) is 0 Å². The highest BCUT2D eigenvalue weighted by Gasteiger charge is 2.15. The molecule has 3 aromatic rings. The Kier molecular flexibility index (Phi) is 3.44. The first-order valence-electron chi connectivity index (χ1n) is 7.21. The molecule has 0 saturated heterocycles. The maximum atomic E-state index is 12.2. The van der Waals surface area contributed by atoms with Crippen LogP contribution < -0.4 is 5.69 Å². The van der Waals surface area contributed by atoms with Crippen LogP contribution in [-0.4, -0.2) is 25.0 Å². The molecule has 6 heteroatoms. The summed E-state index contributed by atoms with van der Waals surface area (Å²) < 4.78 is 1.62. The lowest BCUT2D eigenvalue weighted by atomic mass is 10.1. The van der Waals surface area contributed by atoms with E-state index >= 15 is 0 Å². The third-order valence-corrected chi connectivity index (χ3v) is 4.11. The van der Waals surface area contributed by atoms with Crippen molar-refractivity contribution >= 4 is 0 Å². The van der Waals surface area contributed by atoms with Gasteiger partial charge in [-0.05, 0) is 51.0 Å². The zero-order valence-corrected chi connectivity index (χ0v) is 13.2. The number of nitrogens with zero attached hydrogens (tertiary/aromatic N) is 3. The smallest absolute Gasteiger partial charge is 0.282 e. The first-order valence-corrected chi connectivity index (χ1v) is 7.21. The molecule has 1 aromatic carbocycles. The first-order chi connectivity index (χ1) is 10.5. The van der Waals surface area contributed by atoms with Crippen molar-refractivity contribution in [3.05, 3.63) is 62.6 Å². The Hall–Kier alpha value is -2.63. The predicted octanol–water partition coefficient (Wildman–Crippen LogP) is 2.11. The lowest BCUT2D eigenvalue weighted by Crippen LogP contribution is -2.17. The van der Waals surface area contributed by atoms with Crippen LogP contribution in [0.1, 0.15) is 33.9 Å². The van der Waals surface area contributed by atoms with E-state index in [4.69, 9.17) is 0 Å². The summed E-state index contributed by atoms with van der Waals surface area (Å²) in [6.45, 7) is 8.01. The average Bonchev–Trinajstić information content (AvgIpc) is 3.00. The summed E-state index contributed by atoms with van der Waals surface area (Å²) in [6.07, 6.45) is 0.555. The minimum atomic E-state index is -0.225. The van der Waals surface area contributed by atoms with Crippen LogP contribution in [-0.2, 0) is 6.42 Å². The molecule has 0 radical (unpaired) electrons.